The Balaban J connectivity index is 1.66. The summed E-state index contributed by atoms with van der Waals surface area (Å²) in [7, 11) is 1.45. The Morgan fingerprint density at radius 3 is 2.33 bits per heavy atom. The molecule has 0 spiro atoms. The van der Waals surface area contributed by atoms with Crippen LogP contribution in [-0.4, -0.2) is 55.5 Å². The van der Waals surface area contributed by atoms with Crippen LogP contribution in [0.4, 0.5) is 4.79 Å². The summed E-state index contributed by atoms with van der Waals surface area (Å²) in [5.41, 5.74) is -0.454. The minimum Gasteiger partial charge on any atom is -0.469 e. The van der Waals surface area contributed by atoms with Gasteiger partial charge in [0.2, 0.25) is 0 Å². The predicted octanol–water partition coefficient (Wildman–Crippen LogP) is 2.99. The summed E-state index contributed by atoms with van der Waals surface area (Å²) in [6.07, 6.45) is 4.43. The maximum atomic E-state index is 12.1. The monoisotopic (exact) mass is 341 g/mol. The first-order valence-electron chi connectivity index (χ1n) is 8.96. The third-order valence-electron chi connectivity index (χ3n) is 4.71. The standard InChI is InChI=1S/C18H31NO5/c1-18(2,3)24-17(21)19-10-9-13(11-19)12-23-15-7-5-14(6-8-15)16(20)22-4/h13-15H,5-12H2,1-4H3/t13-,14-,15+/m1/s1. The van der Waals surface area contributed by atoms with Crippen molar-refractivity contribution < 1.29 is 23.8 Å². The number of esters is 1. The molecule has 1 amide bonds. The van der Waals surface area contributed by atoms with Gasteiger partial charge in [-0.3, -0.25) is 4.79 Å². The average Bonchev–Trinajstić information content (AvgIpc) is 3.00. The second-order valence-electron chi connectivity index (χ2n) is 7.91. The highest BCUT2D eigenvalue weighted by atomic mass is 16.6. The molecule has 2 fully saturated rings. The molecule has 2 aliphatic rings. The van der Waals surface area contributed by atoms with E-state index in [4.69, 9.17) is 14.2 Å². The van der Waals surface area contributed by atoms with Crippen molar-refractivity contribution in [2.75, 3.05) is 26.8 Å². The van der Waals surface area contributed by atoms with E-state index < -0.39 is 5.60 Å². The van der Waals surface area contributed by atoms with Gasteiger partial charge in [0.25, 0.3) is 0 Å². The van der Waals surface area contributed by atoms with Crippen molar-refractivity contribution >= 4 is 12.1 Å². The Hall–Kier alpha value is -1.30. The van der Waals surface area contributed by atoms with Gasteiger partial charge in [0.05, 0.1) is 25.7 Å². The summed E-state index contributed by atoms with van der Waals surface area (Å²) in [5, 5.41) is 0. The first-order chi connectivity index (χ1) is 11.3. The first-order valence-corrected chi connectivity index (χ1v) is 8.96. The van der Waals surface area contributed by atoms with Gasteiger partial charge >= 0.3 is 12.1 Å². The minimum atomic E-state index is -0.454. The van der Waals surface area contributed by atoms with E-state index in [1.165, 1.54) is 7.11 Å². The van der Waals surface area contributed by atoms with Gasteiger partial charge in [-0.15, -0.1) is 0 Å². The van der Waals surface area contributed by atoms with Crippen molar-refractivity contribution in [3.8, 4) is 0 Å². The number of hydrogen-bond donors (Lipinski definition) is 0. The molecule has 6 nitrogen and oxygen atoms in total. The number of amides is 1. The van der Waals surface area contributed by atoms with Gasteiger partial charge in [-0.05, 0) is 52.9 Å². The van der Waals surface area contributed by atoms with Crippen molar-refractivity contribution in [2.24, 2.45) is 11.8 Å². The number of methoxy groups -OCH3 is 1. The van der Waals surface area contributed by atoms with Gasteiger partial charge in [-0.2, -0.15) is 0 Å². The summed E-state index contributed by atoms with van der Waals surface area (Å²) in [6.45, 7) is 7.75. The Labute approximate surface area is 144 Å². The minimum absolute atomic E-state index is 0.0315. The summed E-state index contributed by atoms with van der Waals surface area (Å²) in [6, 6.07) is 0. The molecule has 1 atom stereocenters. The molecule has 0 aromatic carbocycles. The van der Waals surface area contributed by atoms with Gasteiger partial charge in [0.15, 0.2) is 0 Å². The molecule has 0 aromatic rings. The maximum Gasteiger partial charge on any atom is 0.410 e. The highest BCUT2D eigenvalue weighted by Crippen LogP contribution is 2.28. The molecule has 1 aliphatic heterocycles. The number of rotatable bonds is 4. The Morgan fingerprint density at radius 2 is 1.75 bits per heavy atom. The van der Waals surface area contributed by atoms with Crippen LogP contribution in [0, 0.1) is 11.8 Å². The molecule has 0 N–H and O–H groups in total. The number of ether oxygens (including phenoxy) is 3. The largest absolute Gasteiger partial charge is 0.469 e. The SMILES string of the molecule is COC(=O)[C@H]1CC[C@@H](OC[C@@H]2CCN(C(=O)OC(C)(C)C)C2)CC1. The third kappa shape index (κ3) is 5.65. The van der Waals surface area contributed by atoms with Gasteiger partial charge in [-0.25, -0.2) is 4.79 Å². The number of carbonyl (C=O) groups is 2. The first kappa shape index (κ1) is 19.0. The van der Waals surface area contributed by atoms with Gasteiger partial charge in [0, 0.05) is 19.0 Å². The molecular formula is C18H31NO5. The van der Waals surface area contributed by atoms with Crippen LogP contribution in [0.15, 0.2) is 0 Å². The lowest BCUT2D eigenvalue weighted by Gasteiger charge is -2.28. The van der Waals surface area contributed by atoms with E-state index in [9.17, 15) is 9.59 Å². The van der Waals surface area contributed by atoms with Crippen LogP contribution in [0.2, 0.25) is 0 Å². The topological polar surface area (TPSA) is 65.1 Å². The second-order valence-corrected chi connectivity index (χ2v) is 7.91. The molecular weight excluding hydrogens is 310 g/mol. The fourth-order valence-electron chi connectivity index (χ4n) is 3.37. The second kappa shape index (κ2) is 8.19. The van der Waals surface area contributed by atoms with Crippen molar-refractivity contribution in [3.63, 3.8) is 0 Å². The Kier molecular flexibility index (Phi) is 6.49. The lowest BCUT2D eigenvalue weighted by molar-refractivity contribution is -0.147. The molecule has 138 valence electrons. The molecule has 0 unspecified atom stereocenters. The smallest absolute Gasteiger partial charge is 0.410 e. The lowest BCUT2D eigenvalue weighted by atomic mass is 9.87. The number of carbonyl (C=O) groups excluding carboxylic acids is 2. The van der Waals surface area contributed by atoms with Crippen LogP contribution < -0.4 is 0 Å². The van der Waals surface area contributed by atoms with Crippen LogP contribution in [-0.2, 0) is 19.0 Å². The molecule has 1 saturated carbocycles. The molecule has 2 rings (SSSR count). The zero-order chi connectivity index (χ0) is 17.7. The highest BCUT2D eigenvalue weighted by Gasteiger charge is 2.31. The predicted molar refractivity (Wildman–Crippen MR) is 89.6 cm³/mol. The van der Waals surface area contributed by atoms with Crippen LogP contribution in [0.1, 0.15) is 52.9 Å². The number of nitrogens with zero attached hydrogens (tertiary/aromatic N) is 1. The zero-order valence-corrected chi connectivity index (χ0v) is 15.4. The molecule has 1 aliphatic carbocycles. The van der Waals surface area contributed by atoms with E-state index in [0.717, 1.165) is 38.6 Å². The third-order valence-corrected chi connectivity index (χ3v) is 4.71. The van der Waals surface area contributed by atoms with E-state index in [2.05, 4.69) is 0 Å². The molecule has 1 heterocycles. The summed E-state index contributed by atoms with van der Waals surface area (Å²) in [4.78, 5) is 25.4. The van der Waals surface area contributed by atoms with E-state index in [1.54, 1.807) is 4.90 Å². The Bertz CT molecular complexity index is 437. The summed E-state index contributed by atoms with van der Waals surface area (Å²) >= 11 is 0. The van der Waals surface area contributed by atoms with Crippen molar-refractivity contribution in [2.45, 2.75) is 64.6 Å². The zero-order valence-electron chi connectivity index (χ0n) is 15.4. The molecule has 0 radical (unpaired) electrons. The van der Waals surface area contributed by atoms with Crippen molar-refractivity contribution in [1.82, 2.24) is 4.90 Å². The molecule has 24 heavy (non-hydrogen) atoms. The van der Waals surface area contributed by atoms with Gasteiger partial charge < -0.3 is 19.1 Å². The fourth-order valence-corrected chi connectivity index (χ4v) is 3.37. The van der Waals surface area contributed by atoms with Crippen LogP contribution in [0.5, 0.6) is 0 Å². The van der Waals surface area contributed by atoms with Gasteiger partial charge in [0.1, 0.15) is 5.60 Å². The lowest BCUT2D eigenvalue weighted by Crippen LogP contribution is -2.35. The van der Waals surface area contributed by atoms with E-state index in [1.807, 2.05) is 20.8 Å². The fraction of sp³-hybridized carbons (Fsp3) is 0.889. The molecule has 1 saturated heterocycles. The molecule has 0 bridgehead atoms. The number of likely N-dealkylation sites (tertiary alicyclic amines) is 1. The van der Waals surface area contributed by atoms with Crippen molar-refractivity contribution in [3.05, 3.63) is 0 Å². The van der Waals surface area contributed by atoms with Crippen LogP contribution >= 0.6 is 0 Å². The number of hydrogen-bond acceptors (Lipinski definition) is 5. The summed E-state index contributed by atoms with van der Waals surface area (Å²) in [5.74, 6) is 0.303. The quantitative estimate of drug-likeness (QED) is 0.736. The van der Waals surface area contributed by atoms with Gasteiger partial charge in [-0.1, -0.05) is 0 Å². The van der Waals surface area contributed by atoms with E-state index >= 15 is 0 Å². The van der Waals surface area contributed by atoms with E-state index in [-0.39, 0.29) is 24.1 Å². The molecule has 0 aromatic heterocycles. The molecule has 6 heteroatoms. The highest BCUT2D eigenvalue weighted by molar-refractivity contribution is 5.72. The normalized spacial score (nSPS) is 27.8. The summed E-state index contributed by atoms with van der Waals surface area (Å²) < 4.78 is 16.2. The Morgan fingerprint density at radius 1 is 1.08 bits per heavy atom. The van der Waals surface area contributed by atoms with Crippen molar-refractivity contribution in [1.29, 1.82) is 0 Å². The average molecular weight is 341 g/mol. The van der Waals surface area contributed by atoms with Crippen LogP contribution in [0.3, 0.4) is 0 Å². The maximum absolute atomic E-state index is 12.1. The van der Waals surface area contributed by atoms with Crippen LogP contribution in [0.25, 0.3) is 0 Å². The van der Waals surface area contributed by atoms with E-state index in [0.29, 0.717) is 19.1 Å².